The van der Waals surface area contributed by atoms with Crippen molar-refractivity contribution < 1.29 is 4.39 Å². The largest absolute Gasteiger partial charge is 0.370 e. The Morgan fingerprint density at radius 1 is 1.53 bits per heavy atom. The van der Waals surface area contributed by atoms with Crippen LogP contribution in [0.25, 0.3) is 0 Å². The topological polar surface area (TPSA) is 50.4 Å². The van der Waals surface area contributed by atoms with Crippen LogP contribution in [0.2, 0.25) is 0 Å². The van der Waals surface area contributed by atoms with Crippen LogP contribution in [0.3, 0.4) is 0 Å². The first-order chi connectivity index (χ1) is 7.24. The van der Waals surface area contributed by atoms with Crippen LogP contribution in [-0.2, 0) is 6.54 Å². The maximum Gasteiger partial charge on any atom is 0.189 e. The zero-order valence-corrected chi connectivity index (χ0v) is 8.41. The van der Waals surface area contributed by atoms with Crippen LogP contribution < -0.4 is 11.1 Å². The summed E-state index contributed by atoms with van der Waals surface area (Å²) in [6.45, 7) is 0.420. The molecule has 1 aromatic rings. The molecule has 0 radical (unpaired) electrons. The van der Waals surface area contributed by atoms with Crippen LogP contribution in [0.15, 0.2) is 29.3 Å². The lowest BCUT2D eigenvalue weighted by Gasteiger charge is -2.03. The van der Waals surface area contributed by atoms with Gasteiger partial charge in [-0.1, -0.05) is 12.1 Å². The van der Waals surface area contributed by atoms with Gasteiger partial charge in [-0.25, -0.2) is 9.38 Å². The van der Waals surface area contributed by atoms with Crippen LogP contribution in [0.1, 0.15) is 18.4 Å². The summed E-state index contributed by atoms with van der Waals surface area (Å²) in [5, 5.41) is 3.07. The first-order valence-electron chi connectivity index (χ1n) is 5.05. The van der Waals surface area contributed by atoms with E-state index in [1.807, 2.05) is 6.07 Å². The van der Waals surface area contributed by atoms with E-state index in [1.165, 1.54) is 12.1 Å². The lowest BCUT2D eigenvalue weighted by molar-refractivity contribution is 0.625. The monoisotopic (exact) mass is 207 g/mol. The predicted octanol–water partition coefficient (Wildman–Crippen LogP) is 1.39. The molecule has 1 fully saturated rings. The highest BCUT2D eigenvalue weighted by molar-refractivity contribution is 5.78. The molecule has 0 spiro atoms. The number of rotatable bonds is 3. The number of aliphatic imine (C=N–C) groups is 1. The van der Waals surface area contributed by atoms with Crippen molar-refractivity contribution >= 4 is 5.96 Å². The number of benzene rings is 1. The highest BCUT2D eigenvalue weighted by Gasteiger charge is 2.21. The van der Waals surface area contributed by atoms with Gasteiger partial charge in [0.25, 0.3) is 0 Å². The number of guanidine groups is 1. The van der Waals surface area contributed by atoms with Crippen molar-refractivity contribution in [3.63, 3.8) is 0 Å². The minimum Gasteiger partial charge on any atom is -0.370 e. The molecule has 0 amide bonds. The normalized spacial score (nSPS) is 16.5. The van der Waals surface area contributed by atoms with Crippen molar-refractivity contribution in [1.82, 2.24) is 5.32 Å². The molecule has 2 rings (SSSR count). The van der Waals surface area contributed by atoms with E-state index >= 15 is 0 Å². The smallest absolute Gasteiger partial charge is 0.189 e. The van der Waals surface area contributed by atoms with Gasteiger partial charge in [-0.3, -0.25) is 0 Å². The van der Waals surface area contributed by atoms with E-state index in [0.29, 0.717) is 18.5 Å². The number of hydrogen-bond acceptors (Lipinski definition) is 1. The van der Waals surface area contributed by atoms with Gasteiger partial charge in [0.2, 0.25) is 0 Å². The molecule has 1 aliphatic carbocycles. The van der Waals surface area contributed by atoms with Crippen LogP contribution in [0.4, 0.5) is 4.39 Å². The molecule has 0 aliphatic heterocycles. The quantitative estimate of drug-likeness (QED) is 0.581. The van der Waals surface area contributed by atoms with Gasteiger partial charge in [0, 0.05) is 6.04 Å². The van der Waals surface area contributed by atoms with Gasteiger partial charge in [-0.15, -0.1) is 0 Å². The minimum atomic E-state index is -0.239. The van der Waals surface area contributed by atoms with Gasteiger partial charge < -0.3 is 11.1 Å². The fraction of sp³-hybridized carbons (Fsp3) is 0.364. The Morgan fingerprint density at radius 3 is 3.00 bits per heavy atom. The molecule has 1 saturated carbocycles. The highest BCUT2D eigenvalue weighted by atomic mass is 19.1. The first-order valence-corrected chi connectivity index (χ1v) is 5.05. The van der Waals surface area contributed by atoms with E-state index < -0.39 is 0 Å². The van der Waals surface area contributed by atoms with Crippen molar-refractivity contribution in [3.8, 4) is 0 Å². The summed E-state index contributed by atoms with van der Waals surface area (Å²) in [4.78, 5) is 4.13. The number of nitrogens with zero attached hydrogens (tertiary/aromatic N) is 1. The Balaban J connectivity index is 1.90. The molecule has 0 atom stereocenters. The maximum absolute atomic E-state index is 12.8. The second-order valence-electron chi connectivity index (χ2n) is 3.75. The molecule has 15 heavy (non-hydrogen) atoms. The zero-order chi connectivity index (χ0) is 10.7. The van der Waals surface area contributed by atoms with Crippen LogP contribution in [-0.4, -0.2) is 12.0 Å². The number of halogens is 1. The Labute approximate surface area is 88.2 Å². The number of nitrogens with two attached hydrogens (primary N) is 1. The second kappa shape index (κ2) is 4.29. The number of hydrogen-bond donors (Lipinski definition) is 2. The zero-order valence-electron chi connectivity index (χ0n) is 8.41. The van der Waals surface area contributed by atoms with Gasteiger partial charge in [-0.2, -0.15) is 0 Å². The average Bonchev–Trinajstić information content (AvgIpc) is 2.99. The van der Waals surface area contributed by atoms with Crippen LogP contribution >= 0.6 is 0 Å². The molecule has 3 nitrogen and oxygen atoms in total. The average molecular weight is 207 g/mol. The fourth-order valence-electron chi connectivity index (χ4n) is 1.29. The van der Waals surface area contributed by atoms with E-state index in [1.54, 1.807) is 6.07 Å². The van der Waals surface area contributed by atoms with E-state index in [9.17, 15) is 4.39 Å². The Hall–Kier alpha value is -1.58. The third-order valence-electron chi connectivity index (χ3n) is 2.25. The van der Waals surface area contributed by atoms with Crippen molar-refractivity contribution in [3.05, 3.63) is 35.6 Å². The standard InChI is InChI=1S/C11H14FN3/c12-9-3-1-2-8(6-9)7-14-11(13)15-10-4-5-10/h1-3,6,10H,4-5,7H2,(H3,13,14,15). The predicted molar refractivity (Wildman–Crippen MR) is 57.9 cm³/mol. The lowest BCUT2D eigenvalue weighted by Crippen LogP contribution is -2.33. The summed E-state index contributed by atoms with van der Waals surface area (Å²) in [5.41, 5.74) is 6.47. The fourth-order valence-corrected chi connectivity index (χ4v) is 1.29. The van der Waals surface area contributed by atoms with Gasteiger partial charge in [0.15, 0.2) is 5.96 Å². The molecule has 0 aromatic heterocycles. The third-order valence-corrected chi connectivity index (χ3v) is 2.25. The summed E-state index contributed by atoms with van der Waals surface area (Å²) >= 11 is 0. The Kier molecular flexibility index (Phi) is 2.85. The van der Waals surface area contributed by atoms with Crippen molar-refractivity contribution in [2.24, 2.45) is 10.7 Å². The molecule has 0 unspecified atom stereocenters. The molecular formula is C11H14FN3. The van der Waals surface area contributed by atoms with E-state index in [4.69, 9.17) is 5.73 Å². The number of nitrogens with one attached hydrogen (secondary N) is 1. The summed E-state index contributed by atoms with van der Waals surface area (Å²) in [6.07, 6.45) is 2.33. The van der Waals surface area contributed by atoms with Crippen molar-refractivity contribution in [2.45, 2.75) is 25.4 Å². The third kappa shape index (κ3) is 3.23. The van der Waals surface area contributed by atoms with Crippen molar-refractivity contribution in [1.29, 1.82) is 0 Å². The molecule has 80 valence electrons. The van der Waals surface area contributed by atoms with E-state index in [2.05, 4.69) is 10.3 Å². The molecule has 3 N–H and O–H groups in total. The lowest BCUT2D eigenvalue weighted by atomic mass is 10.2. The summed E-state index contributed by atoms with van der Waals surface area (Å²) in [6, 6.07) is 6.88. The summed E-state index contributed by atoms with van der Waals surface area (Å²) in [5.74, 6) is 0.207. The van der Waals surface area contributed by atoms with Crippen LogP contribution in [0.5, 0.6) is 0 Å². The molecular weight excluding hydrogens is 193 g/mol. The first kappa shape index (κ1) is 9.96. The summed E-state index contributed by atoms with van der Waals surface area (Å²) < 4.78 is 12.8. The van der Waals surface area contributed by atoms with Gasteiger partial charge in [0.05, 0.1) is 6.54 Å². The SMILES string of the molecule is NC(=NCc1cccc(F)c1)NC1CC1. The van der Waals surface area contributed by atoms with Gasteiger partial charge in [0.1, 0.15) is 5.82 Å². The molecule has 0 bridgehead atoms. The molecule has 0 saturated heterocycles. The molecule has 1 aliphatic rings. The van der Waals surface area contributed by atoms with E-state index in [0.717, 1.165) is 18.4 Å². The molecule has 1 aromatic carbocycles. The Bertz CT molecular complexity index is 372. The van der Waals surface area contributed by atoms with Crippen molar-refractivity contribution in [2.75, 3.05) is 0 Å². The maximum atomic E-state index is 12.8. The molecule has 4 heteroatoms. The Morgan fingerprint density at radius 2 is 2.33 bits per heavy atom. The summed E-state index contributed by atoms with van der Waals surface area (Å²) in [7, 11) is 0. The van der Waals surface area contributed by atoms with Gasteiger partial charge >= 0.3 is 0 Å². The molecule has 0 heterocycles. The van der Waals surface area contributed by atoms with Gasteiger partial charge in [-0.05, 0) is 30.5 Å². The van der Waals surface area contributed by atoms with E-state index in [-0.39, 0.29) is 5.82 Å². The second-order valence-corrected chi connectivity index (χ2v) is 3.75. The highest BCUT2D eigenvalue weighted by Crippen LogP contribution is 2.18. The minimum absolute atomic E-state index is 0.239. The van der Waals surface area contributed by atoms with Crippen LogP contribution in [0, 0.1) is 5.82 Å².